The number of carbonyl (C=O) groups is 1. The minimum Gasteiger partial charge on any atom is -0.320 e. The zero-order valence-electron chi connectivity index (χ0n) is 11.4. The molecule has 0 aliphatic carbocycles. The van der Waals surface area contributed by atoms with Crippen molar-refractivity contribution >= 4 is 17.3 Å². The van der Waals surface area contributed by atoms with Crippen LogP contribution in [-0.2, 0) is 4.79 Å². The largest absolute Gasteiger partial charge is 0.320 e. The summed E-state index contributed by atoms with van der Waals surface area (Å²) in [7, 11) is 1.81. The quantitative estimate of drug-likeness (QED) is 0.469. The Balaban J connectivity index is 2.84. The highest BCUT2D eigenvalue weighted by atomic mass is 16.6. The van der Waals surface area contributed by atoms with E-state index < -0.39 is 4.92 Å². The highest BCUT2D eigenvalue weighted by Crippen LogP contribution is 2.28. The summed E-state index contributed by atoms with van der Waals surface area (Å²) in [6, 6.07) is 3.13. The van der Waals surface area contributed by atoms with E-state index >= 15 is 0 Å². The Morgan fingerprint density at radius 1 is 1.32 bits per heavy atom. The number of rotatable bonds is 6. The van der Waals surface area contributed by atoms with Gasteiger partial charge in [-0.1, -0.05) is 0 Å². The van der Waals surface area contributed by atoms with Crippen LogP contribution in [0.4, 0.5) is 11.4 Å². The molecular formula is C13H19N3O3. The van der Waals surface area contributed by atoms with Crippen LogP contribution in [0.15, 0.2) is 12.1 Å². The van der Waals surface area contributed by atoms with Gasteiger partial charge in [-0.3, -0.25) is 14.9 Å². The van der Waals surface area contributed by atoms with Crippen LogP contribution in [0.25, 0.3) is 0 Å². The van der Waals surface area contributed by atoms with E-state index in [1.807, 2.05) is 14.0 Å². The van der Waals surface area contributed by atoms with Crippen LogP contribution in [0, 0.1) is 24.0 Å². The third-order valence-electron chi connectivity index (χ3n) is 2.91. The molecule has 0 aliphatic rings. The van der Waals surface area contributed by atoms with Crippen molar-refractivity contribution in [1.82, 2.24) is 5.32 Å². The molecule has 0 aliphatic heterocycles. The Labute approximate surface area is 112 Å². The molecule has 0 atom stereocenters. The fraction of sp³-hybridized carbons (Fsp3) is 0.462. The number of anilines is 1. The fourth-order valence-electron chi connectivity index (χ4n) is 1.69. The molecule has 1 aromatic carbocycles. The van der Waals surface area contributed by atoms with Gasteiger partial charge in [0.15, 0.2) is 0 Å². The summed E-state index contributed by atoms with van der Waals surface area (Å²) in [5.74, 6) is -0.207. The molecule has 1 amide bonds. The van der Waals surface area contributed by atoms with E-state index in [0.717, 1.165) is 17.7 Å². The topological polar surface area (TPSA) is 84.3 Å². The standard InChI is InChI=1S/C13H19N3O3/c1-9-7-11(12(16(18)19)8-10(9)2)15-13(17)5-4-6-14-3/h7-8,14H,4-6H2,1-3H3,(H,15,17). The van der Waals surface area contributed by atoms with Gasteiger partial charge in [0.05, 0.1) is 4.92 Å². The summed E-state index contributed by atoms with van der Waals surface area (Å²) >= 11 is 0. The van der Waals surface area contributed by atoms with Crippen LogP contribution in [0.1, 0.15) is 24.0 Å². The minimum absolute atomic E-state index is 0.0648. The van der Waals surface area contributed by atoms with E-state index in [1.165, 1.54) is 6.07 Å². The van der Waals surface area contributed by atoms with Crippen molar-refractivity contribution in [3.63, 3.8) is 0 Å². The first kappa shape index (κ1) is 15.1. The van der Waals surface area contributed by atoms with Gasteiger partial charge < -0.3 is 10.6 Å². The molecular weight excluding hydrogens is 246 g/mol. The number of hydrogen-bond acceptors (Lipinski definition) is 4. The first-order valence-electron chi connectivity index (χ1n) is 6.15. The number of benzene rings is 1. The van der Waals surface area contributed by atoms with Crippen molar-refractivity contribution < 1.29 is 9.72 Å². The molecule has 104 valence electrons. The first-order chi connectivity index (χ1) is 8.95. The smallest absolute Gasteiger partial charge is 0.293 e. The highest BCUT2D eigenvalue weighted by Gasteiger charge is 2.17. The molecule has 19 heavy (non-hydrogen) atoms. The monoisotopic (exact) mass is 265 g/mol. The second-order valence-electron chi connectivity index (χ2n) is 4.47. The van der Waals surface area contributed by atoms with Crippen LogP contribution in [0.5, 0.6) is 0 Å². The van der Waals surface area contributed by atoms with E-state index in [9.17, 15) is 14.9 Å². The molecule has 2 N–H and O–H groups in total. The highest BCUT2D eigenvalue weighted by molar-refractivity contribution is 5.93. The molecule has 6 heteroatoms. The van der Waals surface area contributed by atoms with Gasteiger partial charge in [0.1, 0.15) is 5.69 Å². The van der Waals surface area contributed by atoms with Crippen LogP contribution in [0.2, 0.25) is 0 Å². The van der Waals surface area contributed by atoms with Crippen molar-refractivity contribution in [2.24, 2.45) is 0 Å². The number of nitro groups is 1. The Morgan fingerprint density at radius 3 is 2.53 bits per heavy atom. The molecule has 0 saturated heterocycles. The summed E-state index contributed by atoms with van der Waals surface area (Å²) in [6.07, 6.45) is 1.03. The van der Waals surface area contributed by atoms with Crippen LogP contribution < -0.4 is 10.6 Å². The van der Waals surface area contributed by atoms with E-state index in [1.54, 1.807) is 13.0 Å². The lowest BCUT2D eigenvalue weighted by molar-refractivity contribution is -0.384. The molecule has 0 fully saturated rings. The Kier molecular flexibility index (Phi) is 5.44. The molecule has 1 rings (SSSR count). The zero-order chi connectivity index (χ0) is 14.4. The third kappa shape index (κ3) is 4.33. The lowest BCUT2D eigenvalue weighted by Gasteiger charge is -2.08. The van der Waals surface area contributed by atoms with Gasteiger partial charge >= 0.3 is 0 Å². The maximum absolute atomic E-state index is 11.7. The first-order valence-corrected chi connectivity index (χ1v) is 6.15. The summed E-state index contributed by atoms with van der Waals surface area (Å²) in [5.41, 5.74) is 1.95. The maximum atomic E-state index is 11.7. The molecule has 0 aromatic heterocycles. The van der Waals surface area contributed by atoms with Gasteiger partial charge in [-0.15, -0.1) is 0 Å². The van der Waals surface area contributed by atoms with Crippen molar-refractivity contribution in [2.75, 3.05) is 18.9 Å². The molecule has 0 saturated carbocycles. The minimum atomic E-state index is -0.477. The number of amides is 1. The summed E-state index contributed by atoms with van der Waals surface area (Å²) in [4.78, 5) is 22.2. The molecule has 0 heterocycles. The van der Waals surface area contributed by atoms with Crippen LogP contribution in [-0.4, -0.2) is 24.4 Å². The molecule has 0 spiro atoms. The maximum Gasteiger partial charge on any atom is 0.293 e. The lowest BCUT2D eigenvalue weighted by Crippen LogP contribution is -2.16. The summed E-state index contributed by atoms with van der Waals surface area (Å²) in [6.45, 7) is 4.40. The molecule has 1 aromatic rings. The van der Waals surface area contributed by atoms with E-state index in [0.29, 0.717) is 12.8 Å². The normalized spacial score (nSPS) is 10.3. The average Bonchev–Trinajstić information content (AvgIpc) is 2.33. The number of aryl methyl sites for hydroxylation is 2. The van der Waals surface area contributed by atoms with Crippen LogP contribution in [0.3, 0.4) is 0 Å². The molecule has 0 bridgehead atoms. The molecule has 6 nitrogen and oxygen atoms in total. The van der Waals surface area contributed by atoms with E-state index in [4.69, 9.17) is 0 Å². The lowest BCUT2D eigenvalue weighted by atomic mass is 10.1. The average molecular weight is 265 g/mol. The Hall–Kier alpha value is -1.95. The number of nitro benzene ring substituents is 1. The van der Waals surface area contributed by atoms with Crippen molar-refractivity contribution in [3.05, 3.63) is 33.4 Å². The Bertz CT molecular complexity index is 486. The van der Waals surface area contributed by atoms with Gasteiger partial charge in [-0.05, 0) is 51.1 Å². The van der Waals surface area contributed by atoms with Gasteiger partial charge in [0, 0.05) is 12.5 Å². The summed E-state index contributed by atoms with van der Waals surface area (Å²) in [5, 5.41) is 16.5. The predicted octanol–water partition coefficient (Wildman–Crippen LogP) is 2.15. The SMILES string of the molecule is CNCCCC(=O)Nc1cc(C)c(C)cc1[N+](=O)[O-]. The fourth-order valence-corrected chi connectivity index (χ4v) is 1.69. The number of hydrogen-bond donors (Lipinski definition) is 2. The van der Waals surface area contributed by atoms with Gasteiger partial charge in [-0.2, -0.15) is 0 Å². The van der Waals surface area contributed by atoms with E-state index in [2.05, 4.69) is 10.6 Å². The summed E-state index contributed by atoms with van der Waals surface area (Å²) < 4.78 is 0. The zero-order valence-corrected chi connectivity index (χ0v) is 11.4. The van der Waals surface area contributed by atoms with Gasteiger partial charge in [-0.25, -0.2) is 0 Å². The van der Waals surface area contributed by atoms with Gasteiger partial charge in [0.25, 0.3) is 5.69 Å². The number of nitrogens with zero attached hydrogens (tertiary/aromatic N) is 1. The Morgan fingerprint density at radius 2 is 1.95 bits per heavy atom. The number of nitrogens with one attached hydrogen (secondary N) is 2. The molecule has 0 unspecified atom stereocenters. The third-order valence-corrected chi connectivity index (χ3v) is 2.91. The van der Waals surface area contributed by atoms with E-state index in [-0.39, 0.29) is 17.3 Å². The van der Waals surface area contributed by atoms with Crippen molar-refractivity contribution in [2.45, 2.75) is 26.7 Å². The van der Waals surface area contributed by atoms with Crippen molar-refractivity contribution in [3.8, 4) is 0 Å². The number of carbonyl (C=O) groups excluding carboxylic acids is 1. The molecule has 0 radical (unpaired) electrons. The second-order valence-corrected chi connectivity index (χ2v) is 4.47. The van der Waals surface area contributed by atoms with Crippen LogP contribution >= 0.6 is 0 Å². The van der Waals surface area contributed by atoms with Crippen molar-refractivity contribution in [1.29, 1.82) is 0 Å². The second kappa shape index (κ2) is 6.84. The van der Waals surface area contributed by atoms with Gasteiger partial charge in [0.2, 0.25) is 5.91 Å². The predicted molar refractivity (Wildman–Crippen MR) is 74.4 cm³/mol.